The zero-order valence-corrected chi connectivity index (χ0v) is 14.9. The van der Waals surface area contributed by atoms with Crippen molar-refractivity contribution in [1.29, 1.82) is 5.26 Å². The van der Waals surface area contributed by atoms with Gasteiger partial charge < -0.3 is 9.84 Å². The SMILES string of the molecule is COc1cccc(-c2csc(C(C#N)=Cc3ccc(O)c([N+](=O)[O-])c3)n2)c1. The summed E-state index contributed by atoms with van der Waals surface area (Å²) in [5, 5.41) is 32.3. The molecule has 1 aromatic heterocycles. The number of allylic oxidation sites excluding steroid dienone is 1. The zero-order valence-electron chi connectivity index (χ0n) is 14.1. The number of nitro groups is 1. The second-order valence-corrected chi connectivity index (χ2v) is 6.30. The van der Waals surface area contributed by atoms with Crippen LogP contribution in [0.4, 0.5) is 5.69 Å². The largest absolute Gasteiger partial charge is 0.502 e. The molecule has 3 rings (SSSR count). The highest BCUT2D eigenvalue weighted by atomic mass is 32.1. The van der Waals surface area contributed by atoms with Crippen molar-refractivity contribution < 1.29 is 14.8 Å². The topological polar surface area (TPSA) is 109 Å². The molecule has 0 radical (unpaired) electrons. The number of hydrogen-bond donors (Lipinski definition) is 1. The third-order valence-corrected chi connectivity index (χ3v) is 4.60. The second kappa shape index (κ2) is 7.68. The maximum absolute atomic E-state index is 11.0. The number of methoxy groups -OCH3 is 1. The summed E-state index contributed by atoms with van der Waals surface area (Å²) in [7, 11) is 1.58. The number of rotatable bonds is 5. The summed E-state index contributed by atoms with van der Waals surface area (Å²) in [6, 6.07) is 13.4. The van der Waals surface area contributed by atoms with E-state index < -0.39 is 16.4 Å². The van der Waals surface area contributed by atoms with Gasteiger partial charge in [-0.1, -0.05) is 18.2 Å². The molecule has 0 unspecified atom stereocenters. The van der Waals surface area contributed by atoms with Gasteiger partial charge in [0, 0.05) is 17.0 Å². The van der Waals surface area contributed by atoms with Gasteiger partial charge in [0.2, 0.25) is 0 Å². The first kappa shape index (κ1) is 18.1. The zero-order chi connectivity index (χ0) is 19.4. The minimum absolute atomic E-state index is 0.272. The fourth-order valence-corrected chi connectivity index (χ4v) is 3.19. The summed E-state index contributed by atoms with van der Waals surface area (Å²) in [5.41, 5.74) is 1.83. The van der Waals surface area contributed by atoms with Crippen LogP contribution < -0.4 is 4.74 Å². The fraction of sp³-hybridized carbons (Fsp3) is 0.0526. The van der Waals surface area contributed by atoms with Crippen LogP contribution in [0.15, 0.2) is 47.8 Å². The molecule has 1 N–H and O–H groups in total. The summed E-state index contributed by atoms with van der Waals surface area (Å²) in [6.45, 7) is 0. The molecule has 0 fully saturated rings. The van der Waals surface area contributed by atoms with Gasteiger partial charge >= 0.3 is 5.69 Å². The Bertz CT molecular complexity index is 1080. The highest BCUT2D eigenvalue weighted by molar-refractivity contribution is 7.11. The summed E-state index contributed by atoms with van der Waals surface area (Å²) < 4.78 is 5.21. The van der Waals surface area contributed by atoms with Crippen molar-refractivity contribution in [3.63, 3.8) is 0 Å². The lowest BCUT2D eigenvalue weighted by atomic mass is 10.1. The number of aromatic nitrogens is 1. The lowest BCUT2D eigenvalue weighted by Gasteiger charge is -2.01. The molecule has 0 aliphatic rings. The van der Waals surface area contributed by atoms with Crippen LogP contribution >= 0.6 is 11.3 Å². The van der Waals surface area contributed by atoms with Gasteiger partial charge in [-0.15, -0.1) is 11.3 Å². The summed E-state index contributed by atoms with van der Waals surface area (Å²) in [5.74, 6) is 0.278. The number of nitriles is 1. The summed E-state index contributed by atoms with van der Waals surface area (Å²) in [4.78, 5) is 14.8. The maximum Gasteiger partial charge on any atom is 0.311 e. The molecular weight excluding hydrogens is 366 g/mol. The smallest absolute Gasteiger partial charge is 0.311 e. The van der Waals surface area contributed by atoms with Crippen LogP contribution in [0.3, 0.4) is 0 Å². The van der Waals surface area contributed by atoms with Gasteiger partial charge in [-0.05, 0) is 29.8 Å². The molecule has 0 amide bonds. The van der Waals surface area contributed by atoms with Crippen LogP contribution in [-0.4, -0.2) is 22.1 Å². The number of phenolic OH excluding ortho intramolecular Hbond substituents is 1. The van der Waals surface area contributed by atoms with Crippen molar-refractivity contribution in [3.8, 4) is 28.8 Å². The van der Waals surface area contributed by atoms with Crippen LogP contribution in [0.5, 0.6) is 11.5 Å². The van der Waals surface area contributed by atoms with Crippen molar-refractivity contribution in [2.75, 3.05) is 7.11 Å². The number of nitro benzene ring substituents is 1. The van der Waals surface area contributed by atoms with E-state index in [9.17, 15) is 20.5 Å². The average molecular weight is 379 g/mol. The van der Waals surface area contributed by atoms with Gasteiger partial charge in [0.15, 0.2) is 5.75 Å². The molecule has 0 bridgehead atoms. The summed E-state index contributed by atoms with van der Waals surface area (Å²) >= 11 is 1.30. The van der Waals surface area contributed by atoms with Crippen molar-refractivity contribution in [1.82, 2.24) is 4.98 Å². The molecule has 7 nitrogen and oxygen atoms in total. The normalized spacial score (nSPS) is 11.0. The molecule has 1 heterocycles. The lowest BCUT2D eigenvalue weighted by Crippen LogP contribution is -1.89. The molecule has 0 spiro atoms. The fourth-order valence-electron chi connectivity index (χ4n) is 2.40. The Morgan fingerprint density at radius 1 is 1.37 bits per heavy atom. The first-order chi connectivity index (χ1) is 13.0. The van der Waals surface area contributed by atoms with Crippen molar-refractivity contribution in [3.05, 3.63) is 68.5 Å². The van der Waals surface area contributed by atoms with E-state index in [4.69, 9.17) is 4.74 Å². The third kappa shape index (κ3) is 3.94. The number of nitrogens with zero attached hydrogens (tertiary/aromatic N) is 3. The Balaban J connectivity index is 1.96. The van der Waals surface area contributed by atoms with Gasteiger partial charge in [0.05, 0.1) is 23.3 Å². The first-order valence-corrected chi connectivity index (χ1v) is 8.59. The molecule has 0 atom stereocenters. The Hall–Kier alpha value is -3.70. The molecule has 3 aromatic rings. The number of phenols is 1. The molecule has 0 saturated heterocycles. The second-order valence-electron chi connectivity index (χ2n) is 5.44. The van der Waals surface area contributed by atoms with E-state index in [2.05, 4.69) is 11.1 Å². The Morgan fingerprint density at radius 2 is 2.19 bits per heavy atom. The molecule has 27 heavy (non-hydrogen) atoms. The van der Waals surface area contributed by atoms with Crippen LogP contribution in [-0.2, 0) is 0 Å². The predicted octanol–water partition coefficient (Wildman–Crippen LogP) is 4.50. The van der Waals surface area contributed by atoms with E-state index in [-0.39, 0.29) is 5.57 Å². The van der Waals surface area contributed by atoms with Gasteiger partial charge in [0.1, 0.15) is 16.8 Å². The standard InChI is InChI=1S/C19H13N3O4S/c1-26-15-4-2-3-13(9-15)16-11-27-19(21-16)14(10-20)7-12-5-6-18(23)17(8-12)22(24)25/h2-9,11,23H,1H3. The van der Waals surface area contributed by atoms with Crippen molar-refractivity contribution >= 4 is 28.7 Å². The number of aromatic hydroxyl groups is 1. The lowest BCUT2D eigenvalue weighted by molar-refractivity contribution is -0.385. The number of ether oxygens (including phenoxy) is 1. The molecular formula is C19H13N3O4S. The molecule has 0 saturated carbocycles. The monoisotopic (exact) mass is 379 g/mol. The van der Waals surface area contributed by atoms with E-state index in [0.717, 1.165) is 5.56 Å². The minimum atomic E-state index is -0.678. The van der Waals surface area contributed by atoms with Gasteiger partial charge in [0.25, 0.3) is 0 Å². The molecule has 8 heteroatoms. The predicted molar refractivity (Wildman–Crippen MR) is 102 cm³/mol. The number of thiazole rings is 1. The summed E-state index contributed by atoms with van der Waals surface area (Å²) in [6.07, 6.45) is 1.50. The van der Waals surface area contributed by atoms with Crippen molar-refractivity contribution in [2.24, 2.45) is 0 Å². The highest BCUT2D eigenvalue weighted by Gasteiger charge is 2.14. The Kier molecular flexibility index (Phi) is 5.15. The highest BCUT2D eigenvalue weighted by Crippen LogP contribution is 2.31. The maximum atomic E-state index is 11.0. The van der Waals surface area contributed by atoms with Crippen LogP contribution in [0.25, 0.3) is 22.9 Å². The van der Waals surface area contributed by atoms with Gasteiger partial charge in [-0.3, -0.25) is 10.1 Å². The van der Waals surface area contributed by atoms with Crippen LogP contribution in [0.2, 0.25) is 0 Å². The quantitative estimate of drug-likeness (QED) is 0.397. The van der Waals surface area contributed by atoms with Crippen LogP contribution in [0, 0.1) is 21.4 Å². The molecule has 2 aromatic carbocycles. The number of benzene rings is 2. The minimum Gasteiger partial charge on any atom is -0.502 e. The molecule has 134 valence electrons. The van der Waals surface area contributed by atoms with Gasteiger partial charge in [-0.2, -0.15) is 5.26 Å². The van der Waals surface area contributed by atoms with E-state index in [0.29, 0.717) is 22.0 Å². The van der Waals surface area contributed by atoms with Gasteiger partial charge in [-0.25, -0.2) is 4.98 Å². The third-order valence-electron chi connectivity index (χ3n) is 3.73. The Morgan fingerprint density at radius 3 is 2.89 bits per heavy atom. The van der Waals surface area contributed by atoms with E-state index in [1.807, 2.05) is 29.6 Å². The molecule has 0 aliphatic heterocycles. The molecule has 0 aliphatic carbocycles. The van der Waals surface area contributed by atoms with Crippen molar-refractivity contribution in [2.45, 2.75) is 0 Å². The van der Waals surface area contributed by atoms with E-state index in [1.54, 1.807) is 7.11 Å². The van der Waals surface area contributed by atoms with E-state index in [1.165, 1.54) is 35.6 Å². The van der Waals surface area contributed by atoms with Crippen LogP contribution in [0.1, 0.15) is 10.6 Å². The average Bonchev–Trinajstić information content (AvgIpc) is 3.17. The first-order valence-electron chi connectivity index (χ1n) is 7.71. The Labute approximate surface area is 158 Å². The number of hydrogen-bond acceptors (Lipinski definition) is 7. The van der Waals surface area contributed by atoms with E-state index >= 15 is 0 Å².